The lowest BCUT2D eigenvalue weighted by atomic mass is 9.84. The van der Waals surface area contributed by atoms with Crippen LogP contribution in [0.1, 0.15) is 50.5 Å². The molecule has 1 aliphatic carbocycles. The van der Waals surface area contributed by atoms with Gasteiger partial charge in [-0.05, 0) is 43.4 Å². The minimum Gasteiger partial charge on any atom is -0.389 e. The maximum atomic E-state index is 13.4. The Morgan fingerprint density at radius 1 is 1.00 bits per heavy atom. The first kappa shape index (κ1) is 20.2. The van der Waals surface area contributed by atoms with Crippen molar-refractivity contribution in [2.24, 2.45) is 0 Å². The molecule has 1 heterocycles. The normalized spacial score (nSPS) is 25.6. The predicted octanol–water partition coefficient (Wildman–Crippen LogP) is 2.10. The molecule has 1 atom stereocenters. The Kier molecular flexibility index (Phi) is 6.13. The zero-order chi connectivity index (χ0) is 19.5. The zero-order valence-electron chi connectivity index (χ0n) is 15.5. The number of hydrogen-bond donors (Lipinski definition) is 3. The highest BCUT2D eigenvalue weighted by molar-refractivity contribution is 5.86. The fraction of sp³-hybridized carbons (Fsp3) is 0.650. The van der Waals surface area contributed by atoms with Crippen LogP contribution in [0.25, 0.3) is 0 Å². The predicted molar refractivity (Wildman–Crippen MR) is 96.9 cm³/mol. The summed E-state index contributed by atoms with van der Waals surface area (Å²) in [6.07, 6.45) is 5.53. The molecule has 5 nitrogen and oxygen atoms in total. The van der Waals surface area contributed by atoms with E-state index < -0.39 is 28.7 Å². The van der Waals surface area contributed by atoms with Gasteiger partial charge in [0.25, 0.3) is 5.91 Å². The molecule has 0 unspecified atom stereocenters. The average molecular weight is 382 g/mol. The summed E-state index contributed by atoms with van der Waals surface area (Å²) >= 11 is 0. The van der Waals surface area contributed by atoms with Gasteiger partial charge in [0.05, 0.1) is 5.60 Å². The second-order valence-electron chi connectivity index (χ2n) is 8.00. The molecular formula is C20H28F2N2O3. The number of carbonyl (C=O) groups is 1. The molecule has 1 saturated carbocycles. The van der Waals surface area contributed by atoms with Gasteiger partial charge in [-0.25, -0.2) is 8.78 Å². The lowest BCUT2D eigenvalue weighted by Gasteiger charge is -2.39. The van der Waals surface area contributed by atoms with Crippen LogP contribution < -0.4 is 5.32 Å². The standard InChI is InChI=1S/C20H28F2N2O3/c21-16-6-5-15(11-17(16)22)12-24-10-4-9-20(27,18(24)25)14-23-13-19(26)7-2-1-3-8-19/h5-6,11,23,26-27H,1-4,7-10,12-14H2/t20-/m1/s1. The van der Waals surface area contributed by atoms with E-state index in [2.05, 4.69) is 5.32 Å². The average Bonchev–Trinajstić information content (AvgIpc) is 2.63. The highest BCUT2D eigenvalue weighted by Gasteiger charge is 2.42. The van der Waals surface area contributed by atoms with Crippen molar-refractivity contribution < 1.29 is 23.8 Å². The van der Waals surface area contributed by atoms with Crippen molar-refractivity contribution in [3.63, 3.8) is 0 Å². The first-order valence-electron chi connectivity index (χ1n) is 9.70. The number of rotatable bonds is 6. The molecule has 1 saturated heterocycles. The molecule has 0 radical (unpaired) electrons. The Balaban J connectivity index is 1.58. The minimum atomic E-state index is -1.54. The molecule has 1 aromatic rings. The van der Waals surface area contributed by atoms with Crippen LogP contribution in [-0.2, 0) is 11.3 Å². The quantitative estimate of drug-likeness (QED) is 0.705. The van der Waals surface area contributed by atoms with E-state index in [-0.39, 0.29) is 13.1 Å². The minimum absolute atomic E-state index is 0.0718. The SMILES string of the molecule is O=C1N(Cc2ccc(F)c(F)c2)CCC[C@@]1(O)CNCC1(O)CCCCC1. The van der Waals surface area contributed by atoms with Crippen molar-refractivity contribution in [2.75, 3.05) is 19.6 Å². The van der Waals surface area contributed by atoms with E-state index in [0.717, 1.165) is 44.2 Å². The molecule has 1 aromatic carbocycles. The van der Waals surface area contributed by atoms with Crippen LogP contribution in [-0.4, -0.2) is 51.9 Å². The number of piperidine rings is 1. The summed E-state index contributed by atoms with van der Waals surface area (Å²) in [5.41, 5.74) is -1.82. The lowest BCUT2D eigenvalue weighted by molar-refractivity contribution is -0.157. The van der Waals surface area contributed by atoms with Gasteiger partial charge in [-0.1, -0.05) is 25.3 Å². The Labute approximate surface area is 158 Å². The van der Waals surface area contributed by atoms with Crippen molar-refractivity contribution in [2.45, 2.75) is 62.7 Å². The molecule has 1 aliphatic heterocycles. The molecule has 1 amide bonds. The Morgan fingerprint density at radius 2 is 1.74 bits per heavy atom. The largest absolute Gasteiger partial charge is 0.389 e. The number of nitrogens with one attached hydrogen (secondary N) is 1. The topological polar surface area (TPSA) is 72.8 Å². The molecule has 3 N–H and O–H groups in total. The monoisotopic (exact) mass is 382 g/mol. The molecular weight excluding hydrogens is 354 g/mol. The fourth-order valence-corrected chi connectivity index (χ4v) is 4.13. The third-order valence-electron chi connectivity index (χ3n) is 5.72. The summed E-state index contributed by atoms with van der Waals surface area (Å²) in [7, 11) is 0. The summed E-state index contributed by atoms with van der Waals surface area (Å²) in [5.74, 6) is -2.29. The zero-order valence-corrected chi connectivity index (χ0v) is 15.5. The molecule has 7 heteroatoms. The molecule has 2 fully saturated rings. The van der Waals surface area contributed by atoms with Gasteiger partial charge in [-0.3, -0.25) is 4.79 Å². The maximum absolute atomic E-state index is 13.4. The third kappa shape index (κ3) is 4.83. The molecule has 0 spiro atoms. The van der Waals surface area contributed by atoms with Crippen LogP contribution in [0.3, 0.4) is 0 Å². The summed E-state index contributed by atoms with van der Waals surface area (Å²) in [6.45, 7) is 1.01. The van der Waals surface area contributed by atoms with E-state index in [9.17, 15) is 23.8 Å². The molecule has 3 rings (SSSR count). The number of aliphatic hydroxyl groups is 2. The highest BCUT2D eigenvalue weighted by atomic mass is 19.2. The maximum Gasteiger partial charge on any atom is 0.256 e. The van der Waals surface area contributed by atoms with Gasteiger partial charge in [-0.2, -0.15) is 0 Å². The first-order chi connectivity index (χ1) is 12.8. The van der Waals surface area contributed by atoms with Crippen molar-refractivity contribution >= 4 is 5.91 Å². The van der Waals surface area contributed by atoms with Gasteiger partial charge in [0.2, 0.25) is 0 Å². The molecule has 0 bridgehead atoms. The molecule has 150 valence electrons. The third-order valence-corrected chi connectivity index (χ3v) is 5.72. The summed E-state index contributed by atoms with van der Waals surface area (Å²) in [4.78, 5) is 14.3. The fourth-order valence-electron chi connectivity index (χ4n) is 4.13. The van der Waals surface area contributed by atoms with Crippen LogP contribution in [0, 0.1) is 11.6 Å². The van der Waals surface area contributed by atoms with Crippen molar-refractivity contribution in [1.29, 1.82) is 0 Å². The van der Waals surface area contributed by atoms with E-state index in [4.69, 9.17) is 0 Å². The Morgan fingerprint density at radius 3 is 2.44 bits per heavy atom. The highest BCUT2D eigenvalue weighted by Crippen LogP contribution is 2.28. The number of benzene rings is 1. The van der Waals surface area contributed by atoms with Gasteiger partial charge in [0, 0.05) is 26.2 Å². The van der Waals surface area contributed by atoms with Crippen LogP contribution in [0.15, 0.2) is 18.2 Å². The van der Waals surface area contributed by atoms with Crippen LogP contribution >= 0.6 is 0 Å². The van der Waals surface area contributed by atoms with Crippen molar-refractivity contribution in [1.82, 2.24) is 10.2 Å². The summed E-state index contributed by atoms with van der Waals surface area (Å²) in [5, 5.41) is 24.5. The first-order valence-corrected chi connectivity index (χ1v) is 9.70. The van der Waals surface area contributed by atoms with Crippen LogP contribution in [0.2, 0.25) is 0 Å². The van der Waals surface area contributed by atoms with E-state index >= 15 is 0 Å². The Bertz CT molecular complexity index is 679. The number of amides is 1. The van der Waals surface area contributed by atoms with E-state index in [1.165, 1.54) is 11.0 Å². The van der Waals surface area contributed by atoms with Crippen LogP contribution in [0.5, 0.6) is 0 Å². The number of hydrogen-bond acceptors (Lipinski definition) is 4. The molecule has 27 heavy (non-hydrogen) atoms. The summed E-state index contributed by atoms with van der Waals surface area (Å²) < 4.78 is 26.5. The van der Waals surface area contributed by atoms with Crippen molar-refractivity contribution in [3.05, 3.63) is 35.4 Å². The number of halogens is 2. The molecule has 2 aliphatic rings. The van der Waals surface area contributed by atoms with Gasteiger partial charge in [0.1, 0.15) is 0 Å². The van der Waals surface area contributed by atoms with E-state index in [1.807, 2.05) is 0 Å². The lowest BCUT2D eigenvalue weighted by Crippen LogP contribution is -2.59. The number of nitrogens with zero attached hydrogens (tertiary/aromatic N) is 1. The van der Waals surface area contributed by atoms with Gasteiger partial charge in [-0.15, -0.1) is 0 Å². The van der Waals surface area contributed by atoms with Gasteiger partial charge in [0.15, 0.2) is 17.2 Å². The van der Waals surface area contributed by atoms with Crippen LogP contribution in [0.4, 0.5) is 8.78 Å². The van der Waals surface area contributed by atoms with Gasteiger partial charge < -0.3 is 20.4 Å². The number of carbonyl (C=O) groups excluding carboxylic acids is 1. The second kappa shape index (κ2) is 8.20. The van der Waals surface area contributed by atoms with E-state index in [0.29, 0.717) is 31.5 Å². The van der Waals surface area contributed by atoms with Gasteiger partial charge >= 0.3 is 0 Å². The second-order valence-corrected chi connectivity index (χ2v) is 8.00. The molecule has 0 aromatic heterocycles. The van der Waals surface area contributed by atoms with Crippen molar-refractivity contribution in [3.8, 4) is 0 Å². The van der Waals surface area contributed by atoms with E-state index in [1.54, 1.807) is 0 Å². The summed E-state index contributed by atoms with van der Waals surface area (Å²) in [6, 6.07) is 3.56. The smallest absolute Gasteiger partial charge is 0.256 e. The Hall–Kier alpha value is -1.57. The number of likely N-dealkylation sites (tertiary alicyclic amines) is 1.